The quantitative estimate of drug-likeness (QED) is 0.495. The predicted octanol–water partition coefficient (Wildman–Crippen LogP) is 4.08. The second kappa shape index (κ2) is 12.0. The van der Waals surface area contributed by atoms with E-state index in [1.54, 1.807) is 0 Å². The van der Waals surface area contributed by atoms with Crippen molar-refractivity contribution in [2.24, 2.45) is 4.99 Å². The van der Waals surface area contributed by atoms with Gasteiger partial charge in [-0.25, -0.2) is 4.99 Å². The lowest BCUT2D eigenvalue weighted by atomic mass is 10.1. The van der Waals surface area contributed by atoms with Gasteiger partial charge in [0, 0.05) is 38.2 Å². The molecule has 158 valence electrons. The highest BCUT2D eigenvalue weighted by Gasteiger charge is 2.14. The summed E-state index contributed by atoms with van der Waals surface area (Å²) in [6.07, 6.45) is 3.35. The van der Waals surface area contributed by atoms with Gasteiger partial charge in [0.25, 0.3) is 0 Å². The van der Waals surface area contributed by atoms with E-state index < -0.39 is 0 Å². The minimum atomic E-state index is 0.322. The molecule has 2 aromatic rings. The van der Waals surface area contributed by atoms with Crippen LogP contribution in [0.3, 0.4) is 0 Å². The van der Waals surface area contributed by atoms with Crippen molar-refractivity contribution in [1.29, 1.82) is 0 Å². The third kappa shape index (κ3) is 7.46. The summed E-state index contributed by atoms with van der Waals surface area (Å²) < 4.78 is 11.5. The van der Waals surface area contributed by atoms with Crippen LogP contribution in [0.4, 0.5) is 0 Å². The van der Waals surface area contributed by atoms with Gasteiger partial charge in [-0.1, -0.05) is 30.3 Å². The van der Waals surface area contributed by atoms with Crippen molar-refractivity contribution in [3.63, 3.8) is 0 Å². The van der Waals surface area contributed by atoms with Crippen molar-refractivity contribution < 1.29 is 9.47 Å². The van der Waals surface area contributed by atoms with Gasteiger partial charge in [-0.05, 0) is 48.8 Å². The molecule has 0 unspecified atom stereocenters. The van der Waals surface area contributed by atoms with E-state index in [0.29, 0.717) is 19.3 Å². The van der Waals surface area contributed by atoms with Crippen molar-refractivity contribution in [2.45, 2.75) is 45.4 Å². The first kappa shape index (κ1) is 21.8. The summed E-state index contributed by atoms with van der Waals surface area (Å²) in [5, 5.41) is 5.54. The van der Waals surface area contributed by atoms with Gasteiger partial charge in [0.2, 0.25) is 0 Å². The van der Waals surface area contributed by atoms with E-state index >= 15 is 0 Å². The molecule has 29 heavy (non-hydrogen) atoms. The van der Waals surface area contributed by atoms with Crippen molar-refractivity contribution in [1.82, 2.24) is 10.2 Å². The molecule has 1 aliphatic rings. The first-order valence-corrected chi connectivity index (χ1v) is 11.4. The molecule has 6 heteroatoms. The molecular formula is C23H33N3O2S. The summed E-state index contributed by atoms with van der Waals surface area (Å²) in [6, 6.07) is 12.9. The molecule has 2 heterocycles. The van der Waals surface area contributed by atoms with Gasteiger partial charge in [0.05, 0.1) is 19.3 Å². The maximum Gasteiger partial charge on any atom is 0.193 e. The van der Waals surface area contributed by atoms with Crippen molar-refractivity contribution in [2.75, 3.05) is 33.4 Å². The Kier molecular flexibility index (Phi) is 8.99. The zero-order valence-electron chi connectivity index (χ0n) is 17.6. The van der Waals surface area contributed by atoms with Crippen LogP contribution in [0.5, 0.6) is 0 Å². The molecule has 1 fully saturated rings. The number of hydrogen-bond acceptors (Lipinski definition) is 4. The Morgan fingerprint density at radius 2 is 2.07 bits per heavy atom. The van der Waals surface area contributed by atoms with Crippen LogP contribution < -0.4 is 5.32 Å². The smallest absolute Gasteiger partial charge is 0.193 e. The highest BCUT2D eigenvalue weighted by Crippen LogP contribution is 2.15. The van der Waals surface area contributed by atoms with E-state index in [-0.39, 0.29) is 0 Å². The Morgan fingerprint density at radius 3 is 2.83 bits per heavy atom. The summed E-state index contributed by atoms with van der Waals surface area (Å²) in [5.41, 5.74) is 2.42. The average Bonchev–Trinajstić information content (AvgIpc) is 3.28. The first-order valence-electron chi connectivity index (χ1n) is 10.5. The number of ether oxygens (including phenoxy) is 2. The standard InChI is InChI=1S/C23H33N3O2S/c1-3-24-23(26(2)12-9-22-8-5-15-29-22)25-17-19-6-4-7-20(16-19)18-28-21-10-13-27-14-11-21/h4-8,15-16,21H,3,9-14,17-18H2,1-2H3,(H,24,25). The predicted molar refractivity (Wildman–Crippen MR) is 121 cm³/mol. The van der Waals surface area contributed by atoms with Gasteiger partial charge >= 0.3 is 0 Å². The van der Waals surface area contributed by atoms with Gasteiger partial charge in [-0.3, -0.25) is 0 Å². The van der Waals surface area contributed by atoms with E-state index in [1.807, 2.05) is 11.3 Å². The van der Waals surface area contributed by atoms with Crippen molar-refractivity contribution >= 4 is 17.3 Å². The lowest BCUT2D eigenvalue weighted by molar-refractivity contribution is -0.0390. The molecule has 1 N–H and O–H groups in total. The summed E-state index contributed by atoms with van der Waals surface area (Å²) in [6.45, 7) is 6.86. The van der Waals surface area contributed by atoms with E-state index in [4.69, 9.17) is 14.5 Å². The average molecular weight is 416 g/mol. The Hall–Kier alpha value is -1.89. The van der Waals surface area contributed by atoms with Crippen LogP contribution in [0.15, 0.2) is 46.8 Å². The lowest BCUT2D eigenvalue weighted by Gasteiger charge is -2.22. The molecule has 1 aliphatic heterocycles. The fourth-order valence-corrected chi connectivity index (χ4v) is 4.05. The zero-order chi connectivity index (χ0) is 20.3. The van der Waals surface area contributed by atoms with Crippen molar-refractivity contribution in [3.05, 3.63) is 57.8 Å². The molecule has 0 saturated carbocycles. The third-order valence-corrected chi connectivity index (χ3v) is 5.96. The molecule has 1 aromatic carbocycles. The number of nitrogens with one attached hydrogen (secondary N) is 1. The first-order chi connectivity index (χ1) is 14.2. The maximum absolute atomic E-state index is 6.06. The molecule has 0 amide bonds. The summed E-state index contributed by atoms with van der Waals surface area (Å²) in [5.74, 6) is 0.952. The van der Waals surface area contributed by atoms with Gasteiger partial charge in [0.15, 0.2) is 5.96 Å². The van der Waals surface area contributed by atoms with Gasteiger partial charge in [0.1, 0.15) is 0 Å². The molecule has 5 nitrogen and oxygen atoms in total. The number of nitrogens with zero attached hydrogens (tertiary/aromatic N) is 2. The van der Waals surface area contributed by atoms with Crippen LogP contribution in [0, 0.1) is 0 Å². The van der Waals surface area contributed by atoms with Crippen LogP contribution >= 0.6 is 11.3 Å². The van der Waals surface area contributed by atoms with Crippen LogP contribution in [-0.4, -0.2) is 50.3 Å². The molecule has 0 atom stereocenters. The fourth-order valence-electron chi connectivity index (χ4n) is 3.35. The van der Waals surface area contributed by atoms with Gasteiger partial charge in [-0.2, -0.15) is 0 Å². The van der Waals surface area contributed by atoms with E-state index in [9.17, 15) is 0 Å². The number of aliphatic imine (C=N–C) groups is 1. The van der Waals surface area contributed by atoms with Crippen molar-refractivity contribution in [3.8, 4) is 0 Å². The fraction of sp³-hybridized carbons (Fsp3) is 0.522. The van der Waals surface area contributed by atoms with E-state index in [0.717, 1.165) is 51.5 Å². The van der Waals surface area contributed by atoms with Crippen LogP contribution in [0.25, 0.3) is 0 Å². The van der Waals surface area contributed by atoms with Gasteiger partial charge < -0.3 is 19.7 Å². The Bertz CT molecular complexity index is 742. The molecule has 1 saturated heterocycles. The topological polar surface area (TPSA) is 46.1 Å². The van der Waals surface area contributed by atoms with E-state index in [2.05, 4.69) is 66.0 Å². The van der Waals surface area contributed by atoms with Crippen LogP contribution in [0.1, 0.15) is 35.8 Å². The Balaban J connectivity index is 1.53. The maximum atomic E-state index is 6.06. The van der Waals surface area contributed by atoms with Crippen LogP contribution in [-0.2, 0) is 29.0 Å². The molecule has 0 bridgehead atoms. The molecular weight excluding hydrogens is 382 g/mol. The molecule has 1 aromatic heterocycles. The second-order valence-electron chi connectivity index (χ2n) is 7.36. The SMILES string of the molecule is CCNC(=NCc1cccc(COC2CCOCC2)c1)N(C)CCc1cccs1. The third-order valence-electron chi connectivity index (χ3n) is 5.03. The minimum absolute atomic E-state index is 0.322. The monoisotopic (exact) mass is 415 g/mol. The molecule has 3 rings (SSSR count). The molecule has 0 aliphatic carbocycles. The Labute approximate surface area is 178 Å². The highest BCUT2D eigenvalue weighted by molar-refractivity contribution is 7.09. The lowest BCUT2D eigenvalue weighted by Crippen LogP contribution is -2.39. The summed E-state index contributed by atoms with van der Waals surface area (Å²) in [7, 11) is 2.10. The second-order valence-corrected chi connectivity index (χ2v) is 8.40. The normalized spacial score (nSPS) is 15.4. The largest absolute Gasteiger partial charge is 0.381 e. The number of hydrogen-bond donors (Lipinski definition) is 1. The zero-order valence-corrected chi connectivity index (χ0v) is 18.4. The Morgan fingerprint density at radius 1 is 1.24 bits per heavy atom. The number of benzene rings is 1. The number of likely N-dealkylation sites (N-methyl/N-ethyl adjacent to an activating group) is 1. The van der Waals surface area contributed by atoms with Gasteiger partial charge in [-0.15, -0.1) is 11.3 Å². The highest BCUT2D eigenvalue weighted by atomic mass is 32.1. The summed E-state index contributed by atoms with van der Waals surface area (Å²) in [4.78, 5) is 8.47. The minimum Gasteiger partial charge on any atom is -0.381 e. The van der Waals surface area contributed by atoms with E-state index in [1.165, 1.54) is 16.0 Å². The number of guanidine groups is 1. The number of thiophene rings is 1. The molecule has 0 spiro atoms. The molecule has 0 radical (unpaired) electrons. The number of rotatable bonds is 9. The van der Waals surface area contributed by atoms with Crippen LogP contribution in [0.2, 0.25) is 0 Å². The summed E-state index contributed by atoms with van der Waals surface area (Å²) >= 11 is 1.81.